The lowest BCUT2D eigenvalue weighted by molar-refractivity contribution is 0.174. The van der Waals surface area contributed by atoms with Crippen molar-refractivity contribution < 1.29 is 23.8 Å². The van der Waals surface area contributed by atoms with E-state index in [2.05, 4.69) is 22.0 Å². The number of thiocarbonyl (C=S) groups is 1. The molecule has 2 aromatic carbocycles. The Morgan fingerprint density at radius 2 is 2.09 bits per heavy atom. The van der Waals surface area contributed by atoms with Crippen LogP contribution in [0.5, 0.6) is 23.0 Å². The fourth-order valence-electron chi connectivity index (χ4n) is 4.03. The molecule has 1 aromatic heterocycles. The molecule has 1 unspecified atom stereocenters. The van der Waals surface area contributed by atoms with Gasteiger partial charge in [0.2, 0.25) is 12.6 Å². The molecule has 2 aliphatic heterocycles. The van der Waals surface area contributed by atoms with E-state index in [1.54, 1.807) is 18.2 Å². The average molecular weight is 479 g/mol. The van der Waals surface area contributed by atoms with Gasteiger partial charge in [0.25, 0.3) is 5.89 Å². The van der Waals surface area contributed by atoms with Gasteiger partial charge in [-0.1, -0.05) is 17.3 Å². The van der Waals surface area contributed by atoms with Crippen molar-refractivity contribution in [1.82, 2.24) is 20.4 Å². The zero-order valence-electron chi connectivity index (χ0n) is 18.6. The molecule has 1 atom stereocenters. The highest BCUT2D eigenvalue weighted by molar-refractivity contribution is 7.80. The molecule has 3 heterocycles. The molecule has 9 nitrogen and oxygen atoms in total. The summed E-state index contributed by atoms with van der Waals surface area (Å²) in [6.07, 6.45) is 1.76. The first-order chi connectivity index (χ1) is 16.5. The van der Waals surface area contributed by atoms with Crippen LogP contribution in [0, 0.1) is 0 Å². The molecule has 0 bridgehead atoms. The zero-order valence-corrected chi connectivity index (χ0v) is 19.4. The van der Waals surface area contributed by atoms with Gasteiger partial charge < -0.3 is 34.1 Å². The monoisotopic (exact) mass is 478 g/mol. The fraction of sp³-hybridized carbons (Fsp3) is 0.208. The Labute approximate surface area is 201 Å². The highest BCUT2D eigenvalue weighted by Gasteiger charge is 2.34. The number of phenolic OH excluding ortho intramolecular Hbond substituents is 1. The molecule has 10 heteroatoms. The van der Waals surface area contributed by atoms with Crippen LogP contribution < -0.4 is 19.5 Å². The zero-order chi connectivity index (χ0) is 23.8. The number of phenols is 1. The molecule has 0 spiro atoms. The number of aromatic hydroxyl groups is 1. The van der Waals surface area contributed by atoms with Crippen molar-refractivity contribution in [3.63, 3.8) is 0 Å². The van der Waals surface area contributed by atoms with Crippen molar-refractivity contribution in [2.24, 2.45) is 0 Å². The molecule has 0 saturated carbocycles. The maximum atomic E-state index is 10.4. The Morgan fingerprint density at radius 1 is 1.26 bits per heavy atom. The van der Waals surface area contributed by atoms with Crippen LogP contribution >= 0.6 is 12.2 Å². The van der Waals surface area contributed by atoms with E-state index in [1.807, 2.05) is 36.1 Å². The quantitative estimate of drug-likeness (QED) is 0.399. The summed E-state index contributed by atoms with van der Waals surface area (Å²) in [5.74, 6) is 2.44. The van der Waals surface area contributed by atoms with Crippen molar-refractivity contribution >= 4 is 22.9 Å². The number of fused-ring (bicyclic) bond motifs is 1. The summed E-state index contributed by atoms with van der Waals surface area (Å²) >= 11 is 5.61. The van der Waals surface area contributed by atoms with Gasteiger partial charge in [0.15, 0.2) is 28.1 Å². The minimum Gasteiger partial charge on any atom is -0.504 e. The number of rotatable bonds is 6. The van der Waals surface area contributed by atoms with Gasteiger partial charge in [-0.15, -0.1) is 6.58 Å². The Morgan fingerprint density at radius 3 is 2.85 bits per heavy atom. The Hall–Kier alpha value is -4.05. The topological polar surface area (TPSA) is 102 Å². The van der Waals surface area contributed by atoms with Crippen molar-refractivity contribution in [2.45, 2.75) is 13.0 Å². The van der Waals surface area contributed by atoms with Crippen molar-refractivity contribution in [1.29, 1.82) is 0 Å². The summed E-state index contributed by atoms with van der Waals surface area (Å²) in [7, 11) is 1.50. The summed E-state index contributed by atoms with van der Waals surface area (Å²) in [5.41, 5.74) is 3.07. The maximum Gasteiger partial charge on any atom is 0.258 e. The van der Waals surface area contributed by atoms with E-state index in [0.29, 0.717) is 40.6 Å². The molecule has 5 rings (SSSR count). The van der Waals surface area contributed by atoms with E-state index < -0.39 is 6.04 Å². The molecule has 0 saturated heterocycles. The van der Waals surface area contributed by atoms with Crippen molar-refractivity contribution in [2.75, 3.05) is 20.4 Å². The number of benzene rings is 2. The maximum absolute atomic E-state index is 10.4. The first kappa shape index (κ1) is 21.8. The second kappa shape index (κ2) is 8.71. The number of nitrogens with zero attached hydrogens (tertiary/aromatic N) is 3. The normalized spacial score (nSPS) is 17.1. The number of methoxy groups -OCH3 is 1. The van der Waals surface area contributed by atoms with E-state index in [4.69, 9.17) is 31.0 Å². The van der Waals surface area contributed by atoms with Gasteiger partial charge in [-0.2, -0.15) is 4.98 Å². The second-order valence-electron chi connectivity index (χ2n) is 7.70. The smallest absolute Gasteiger partial charge is 0.258 e. The van der Waals surface area contributed by atoms with Crippen LogP contribution in [-0.2, 0) is 0 Å². The molecule has 2 N–H and O–H groups in total. The Kier molecular flexibility index (Phi) is 5.58. The average Bonchev–Trinajstić information content (AvgIpc) is 3.50. The lowest BCUT2D eigenvalue weighted by Gasteiger charge is -2.36. The van der Waals surface area contributed by atoms with Crippen molar-refractivity contribution in [3.05, 3.63) is 66.2 Å². The number of nitrogens with one attached hydrogen (secondary N) is 1. The summed E-state index contributed by atoms with van der Waals surface area (Å²) in [4.78, 5) is 6.58. The third kappa shape index (κ3) is 3.71. The van der Waals surface area contributed by atoms with Crippen LogP contribution in [0.25, 0.3) is 17.0 Å². The first-order valence-corrected chi connectivity index (χ1v) is 10.9. The van der Waals surface area contributed by atoms with Crippen LogP contribution in [0.4, 0.5) is 0 Å². The molecular formula is C24H22N4O5S. The van der Waals surface area contributed by atoms with Gasteiger partial charge in [0.05, 0.1) is 18.7 Å². The van der Waals surface area contributed by atoms with Crippen LogP contribution in [0.2, 0.25) is 0 Å². The van der Waals surface area contributed by atoms with Crippen molar-refractivity contribution in [3.8, 4) is 34.4 Å². The molecule has 0 fully saturated rings. The third-order valence-electron chi connectivity index (χ3n) is 5.73. The minimum absolute atomic E-state index is 0.0184. The van der Waals surface area contributed by atoms with E-state index in [1.165, 1.54) is 7.11 Å². The lowest BCUT2D eigenvalue weighted by atomic mass is 9.94. The molecule has 174 valence electrons. The third-order valence-corrected chi connectivity index (χ3v) is 6.07. The highest BCUT2D eigenvalue weighted by atomic mass is 32.1. The van der Waals surface area contributed by atoms with E-state index in [0.717, 1.165) is 22.4 Å². The van der Waals surface area contributed by atoms with Gasteiger partial charge in [0.1, 0.15) is 0 Å². The Bertz CT molecular complexity index is 1320. The molecule has 3 aromatic rings. The number of hydrogen-bond acceptors (Lipinski definition) is 8. The summed E-state index contributed by atoms with van der Waals surface area (Å²) in [5, 5.41) is 18.4. The van der Waals surface area contributed by atoms with Crippen LogP contribution in [0.3, 0.4) is 0 Å². The van der Waals surface area contributed by atoms with Gasteiger partial charge >= 0.3 is 0 Å². The number of aromatic nitrogens is 2. The van der Waals surface area contributed by atoms with Crippen LogP contribution in [0.1, 0.15) is 24.4 Å². The van der Waals surface area contributed by atoms with E-state index >= 15 is 0 Å². The number of hydrogen-bond donors (Lipinski definition) is 2. The van der Waals surface area contributed by atoms with Crippen LogP contribution in [0.15, 0.2) is 59.3 Å². The molecule has 2 aliphatic rings. The molecule has 0 aliphatic carbocycles. The summed E-state index contributed by atoms with van der Waals surface area (Å²) in [6.45, 7) is 6.46. The summed E-state index contributed by atoms with van der Waals surface area (Å²) in [6, 6.07) is 10.2. The standard InChI is InChI=1S/C24H22N4O5S/c1-4-9-28-13(2)20(21(25-24(28)34)14-5-7-17(30-3)16(29)10-14)23-26-22(27-33-23)15-6-8-18-19(11-15)32-12-31-18/h4-8,10-11,21,29H,1,9,12H2,2-3H3,(H,25,34). The van der Waals surface area contributed by atoms with E-state index in [9.17, 15) is 5.11 Å². The lowest BCUT2D eigenvalue weighted by Crippen LogP contribution is -2.45. The van der Waals surface area contributed by atoms with E-state index in [-0.39, 0.29) is 12.5 Å². The van der Waals surface area contributed by atoms with Gasteiger partial charge in [0, 0.05) is 17.8 Å². The first-order valence-electron chi connectivity index (χ1n) is 10.5. The van der Waals surface area contributed by atoms with Crippen LogP contribution in [-0.4, -0.2) is 45.7 Å². The molecule has 34 heavy (non-hydrogen) atoms. The predicted octanol–water partition coefficient (Wildman–Crippen LogP) is 4.03. The molecule has 0 radical (unpaired) electrons. The second-order valence-corrected chi connectivity index (χ2v) is 8.09. The predicted molar refractivity (Wildman–Crippen MR) is 128 cm³/mol. The fourth-order valence-corrected chi connectivity index (χ4v) is 4.36. The van der Waals surface area contributed by atoms with Gasteiger partial charge in [-0.3, -0.25) is 0 Å². The van der Waals surface area contributed by atoms with Gasteiger partial charge in [-0.25, -0.2) is 0 Å². The molecule has 0 amide bonds. The van der Waals surface area contributed by atoms with Gasteiger partial charge in [-0.05, 0) is 55.0 Å². The SMILES string of the molecule is C=CCN1C(=S)NC(c2ccc(OC)c(O)c2)C(c2nc(-c3ccc4c(c3)OCO4)no2)=C1C. The number of ether oxygens (including phenoxy) is 3. The highest BCUT2D eigenvalue weighted by Crippen LogP contribution is 2.40. The Balaban J connectivity index is 1.59. The largest absolute Gasteiger partial charge is 0.504 e. The number of allylic oxidation sites excluding steroid dienone is 1. The minimum atomic E-state index is -0.435. The molecular weight excluding hydrogens is 456 g/mol. The summed E-state index contributed by atoms with van der Waals surface area (Å²) < 4.78 is 21.8.